The molecule has 36 heavy (non-hydrogen) atoms. The van der Waals surface area contributed by atoms with Gasteiger partial charge in [-0.1, -0.05) is 6.07 Å². The zero-order valence-corrected chi connectivity index (χ0v) is 20.3. The number of aryl methyl sites for hydroxylation is 1. The zero-order valence-electron chi connectivity index (χ0n) is 20.3. The van der Waals surface area contributed by atoms with E-state index in [2.05, 4.69) is 21.7 Å². The normalized spacial score (nSPS) is 12.4. The van der Waals surface area contributed by atoms with E-state index >= 15 is 0 Å². The number of imidazole rings is 1. The monoisotopic (exact) mass is 482 g/mol. The van der Waals surface area contributed by atoms with Crippen LogP contribution in [0.4, 0.5) is 11.5 Å². The summed E-state index contributed by atoms with van der Waals surface area (Å²) in [5.41, 5.74) is 1.58. The third kappa shape index (κ3) is 4.88. The number of carbonyl (C=O) groups excluding carboxylic acids is 2. The first-order valence-corrected chi connectivity index (χ1v) is 11.5. The lowest BCUT2D eigenvalue weighted by Gasteiger charge is -2.27. The predicted molar refractivity (Wildman–Crippen MR) is 136 cm³/mol. The van der Waals surface area contributed by atoms with Gasteiger partial charge in [-0.2, -0.15) is 5.26 Å². The minimum absolute atomic E-state index is 0.139. The van der Waals surface area contributed by atoms with Gasteiger partial charge >= 0.3 is 5.97 Å². The molecule has 0 aliphatic carbocycles. The maximum atomic E-state index is 13.6. The fourth-order valence-electron chi connectivity index (χ4n) is 3.85. The van der Waals surface area contributed by atoms with Gasteiger partial charge in [0.05, 0.1) is 35.8 Å². The Balaban J connectivity index is 1.61. The lowest BCUT2D eigenvalue weighted by atomic mass is 9.90. The molecule has 9 nitrogen and oxygen atoms in total. The number of ether oxygens (including phenoxy) is 1. The van der Waals surface area contributed by atoms with Crippen molar-refractivity contribution in [2.45, 2.75) is 25.9 Å². The van der Waals surface area contributed by atoms with Crippen LogP contribution in [0.2, 0.25) is 0 Å². The Kier molecular flexibility index (Phi) is 6.97. The second-order valence-electron chi connectivity index (χ2n) is 8.35. The van der Waals surface area contributed by atoms with Crippen LogP contribution in [0.15, 0.2) is 66.9 Å². The molecule has 2 aromatic carbocycles. The molecule has 1 unspecified atom stereocenters. The van der Waals surface area contributed by atoms with Crippen molar-refractivity contribution in [3.8, 4) is 6.07 Å². The van der Waals surface area contributed by atoms with Gasteiger partial charge in [-0.15, -0.1) is 0 Å². The third-order valence-electron chi connectivity index (χ3n) is 5.88. The number of hydrogen-bond donors (Lipinski definition) is 2. The maximum Gasteiger partial charge on any atom is 0.339 e. The summed E-state index contributed by atoms with van der Waals surface area (Å²) in [6.07, 6.45) is 1.58. The molecular weight excluding hydrogens is 456 g/mol. The average Bonchev–Trinajstić information content (AvgIpc) is 3.22. The summed E-state index contributed by atoms with van der Waals surface area (Å²) in [6, 6.07) is 19.6. The molecule has 0 fully saturated rings. The first kappa shape index (κ1) is 24.4. The number of anilines is 2. The maximum absolute atomic E-state index is 13.6. The van der Waals surface area contributed by atoms with Crippen molar-refractivity contribution in [1.29, 1.82) is 5.26 Å². The summed E-state index contributed by atoms with van der Waals surface area (Å²) in [5, 5.41) is 15.2. The number of nitrogens with zero attached hydrogens (tertiary/aromatic N) is 4. The largest absolute Gasteiger partial charge is 0.464 e. The SMILES string of the molecule is CCOC(=O)C(C)(Nc1ccccn1)C(=O)c1ccc2c(c1)nc(CNc1ccc(C#N)cc1)n2C. The van der Waals surface area contributed by atoms with Gasteiger partial charge in [0.25, 0.3) is 0 Å². The van der Waals surface area contributed by atoms with Gasteiger partial charge in [0.15, 0.2) is 11.3 Å². The van der Waals surface area contributed by atoms with E-state index in [-0.39, 0.29) is 6.61 Å². The van der Waals surface area contributed by atoms with Crippen molar-refractivity contribution in [3.63, 3.8) is 0 Å². The molecule has 4 aromatic rings. The second kappa shape index (κ2) is 10.3. The van der Waals surface area contributed by atoms with Gasteiger partial charge in [0, 0.05) is 24.5 Å². The minimum Gasteiger partial charge on any atom is -0.464 e. The van der Waals surface area contributed by atoms with Crippen LogP contribution < -0.4 is 10.6 Å². The molecule has 0 saturated heterocycles. The number of esters is 1. The highest BCUT2D eigenvalue weighted by Gasteiger charge is 2.43. The standard InChI is InChI=1S/C27H26N6O3/c1-4-36-26(35)27(2,32-23-7-5-6-14-29-23)25(34)19-10-13-22-21(15-19)31-24(33(22)3)17-30-20-11-8-18(16-28)9-12-20/h5-15,30H,4,17H2,1-3H3,(H,29,32). The highest BCUT2D eigenvalue weighted by Crippen LogP contribution is 2.24. The number of nitriles is 1. The van der Waals surface area contributed by atoms with Crippen LogP contribution in [-0.4, -0.2) is 38.4 Å². The molecule has 2 N–H and O–H groups in total. The van der Waals surface area contributed by atoms with Crippen molar-refractivity contribution < 1.29 is 14.3 Å². The molecule has 1 atom stereocenters. The fraction of sp³-hybridized carbons (Fsp3) is 0.222. The number of aromatic nitrogens is 3. The lowest BCUT2D eigenvalue weighted by Crippen LogP contribution is -2.52. The van der Waals surface area contributed by atoms with Gasteiger partial charge in [0.2, 0.25) is 0 Å². The number of benzene rings is 2. The number of nitrogens with one attached hydrogen (secondary N) is 2. The lowest BCUT2D eigenvalue weighted by molar-refractivity contribution is -0.146. The molecular formula is C27H26N6O3. The first-order chi connectivity index (χ1) is 17.4. The molecule has 0 amide bonds. The molecule has 9 heteroatoms. The Hall–Kier alpha value is -4.71. The van der Waals surface area contributed by atoms with Crippen molar-refractivity contribution in [2.24, 2.45) is 7.05 Å². The number of rotatable bonds is 9. The molecule has 0 radical (unpaired) electrons. The van der Waals surface area contributed by atoms with Crippen molar-refractivity contribution in [3.05, 3.63) is 83.8 Å². The van der Waals surface area contributed by atoms with Gasteiger partial charge in [-0.3, -0.25) is 4.79 Å². The molecule has 0 spiro atoms. The quantitative estimate of drug-likeness (QED) is 0.208. The Morgan fingerprint density at radius 2 is 1.92 bits per heavy atom. The van der Waals surface area contributed by atoms with E-state index in [1.807, 2.05) is 29.8 Å². The molecule has 4 rings (SSSR count). The topological polar surface area (TPSA) is 122 Å². The van der Waals surface area contributed by atoms with E-state index in [4.69, 9.17) is 15.0 Å². The summed E-state index contributed by atoms with van der Waals surface area (Å²) in [6.45, 7) is 3.77. The van der Waals surface area contributed by atoms with Crippen LogP contribution in [0, 0.1) is 11.3 Å². The molecule has 0 aliphatic heterocycles. The van der Waals surface area contributed by atoms with Crippen molar-refractivity contribution >= 4 is 34.3 Å². The number of Topliss-reactive ketones (excluding diaryl/α,β-unsaturated/α-hetero) is 1. The van der Waals surface area contributed by atoms with Crippen LogP contribution in [0.1, 0.15) is 35.6 Å². The number of pyridine rings is 1. The third-order valence-corrected chi connectivity index (χ3v) is 5.88. The number of hydrogen-bond acceptors (Lipinski definition) is 8. The predicted octanol–water partition coefficient (Wildman–Crippen LogP) is 4.07. The Labute approximate surface area is 208 Å². The second-order valence-corrected chi connectivity index (χ2v) is 8.35. The molecule has 0 saturated carbocycles. The van der Waals surface area contributed by atoms with Crippen LogP contribution in [-0.2, 0) is 23.1 Å². The highest BCUT2D eigenvalue weighted by molar-refractivity contribution is 6.18. The van der Waals surface area contributed by atoms with Gasteiger partial charge < -0.3 is 19.9 Å². The molecule has 0 aliphatic rings. The van der Waals surface area contributed by atoms with E-state index in [9.17, 15) is 9.59 Å². The number of ketones is 1. The molecule has 182 valence electrons. The summed E-state index contributed by atoms with van der Waals surface area (Å²) < 4.78 is 7.17. The summed E-state index contributed by atoms with van der Waals surface area (Å²) in [5.74, 6) is 0.0145. The van der Waals surface area contributed by atoms with Crippen LogP contribution >= 0.6 is 0 Å². The zero-order chi connectivity index (χ0) is 25.7. The van der Waals surface area contributed by atoms with Crippen LogP contribution in [0.3, 0.4) is 0 Å². The van der Waals surface area contributed by atoms with E-state index in [1.165, 1.54) is 6.92 Å². The van der Waals surface area contributed by atoms with Gasteiger partial charge in [-0.05, 0) is 68.4 Å². The van der Waals surface area contributed by atoms with E-state index in [0.717, 1.165) is 17.0 Å². The van der Waals surface area contributed by atoms with Crippen LogP contribution in [0.25, 0.3) is 11.0 Å². The first-order valence-electron chi connectivity index (χ1n) is 11.5. The molecule has 0 bridgehead atoms. The van der Waals surface area contributed by atoms with E-state index < -0.39 is 17.3 Å². The average molecular weight is 483 g/mol. The molecule has 2 aromatic heterocycles. The summed E-state index contributed by atoms with van der Waals surface area (Å²) >= 11 is 0. The van der Waals surface area contributed by atoms with E-state index in [0.29, 0.717) is 29.0 Å². The molecule has 2 heterocycles. The van der Waals surface area contributed by atoms with Crippen molar-refractivity contribution in [1.82, 2.24) is 14.5 Å². The summed E-state index contributed by atoms with van der Waals surface area (Å²) in [7, 11) is 1.90. The summed E-state index contributed by atoms with van der Waals surface area (Å²) in [4.78, 5) is 35.4. The van der Waals surface area contributed by atoms with Crippen molar-refractivity contribution in [2.75, 3.05) is 17.2 Å². The smallest absolute Gasteiger partial charge is 0.339 e. The Bertz CT molecular complexity index is 1440. The highest BCUT2D eigenvalue weighted by atomic mass is 16.5. The Morgan fingerprint density at radius 3 is 2.58 bits per heavy atom. The van der Waals surface area contributed by atoms with Gasteiger partial charge in [-0.25, -0.2) is 14.8 Å². The number of carbonyl (C=O) groups is 2. The van der Waals surface area contributed by atoms with E-state index in [1.54, 1.807) is 55.6 Å². The minimum atomic E-state index is -1.67. The van der Waals surface area contributed by atoms with Gasteiger partial charge in [0.1, 0.15) is 11.6 Å². The fourth-order valence-corrected chi connectivity index (χ4v) is 3.85. The van der Waals surface area contributed by atoms with Crippen LogP contribution in [0.5, 0.6) is 0 Å². The number of fused-ring (bicyclic) bond motifs is 1. The Morgan fingerprint density at radius 1 is 1.14 bits per heavy atom.